The number of carbonyl (C=O) groups excluding carboxylic acids is 1. The minimum Gasteiger partial charge on any atom is -0.391 e. The Bertz CT molecular complexity index is 995. The Kier molecular flexibility index (Phi) is 3.93. The van der Waals surface area contributed by atoms with E-state index in [0.29, 0.717) is 25.4 Å². The van der Waals surface area contributed by atoms with Gasteiger partial charge in [0.05, 0.1) is 17.3 Å². The number of fused-ring (bicyclic) bond motifs is 1. The summed E-state index contributed by atoms with van der Waals surface area (Å²) in [7, 11) is 0. The molecule has 3 aromatic rings. The van der Waals surface area contributed by atoms with E-state index in [1.165, 1.54) is 0 Å². The van der Waals surface area contributed by atoms with Crippen molar-refractivity contribution in [1.82, 2.24) is 15.0 Å². The van der Waals surface area contributed by atoms with Crippen LogP contribution in [0.3, 0.4) is 0 Å². The summed E-state index contributed by atoms with van der Waals surface area (Å²) in [5.41, 5.74) is 2.75. The number of aliphatic hydroxyl groups is 1. The molecule has 1 aliphatic carbocycles. The molecule has 0 unspecified atom stereocenters. The number of benzene rings is 1. The zero-order valence-electron chi connectivity index (χ0n) is 14.9. The molecule has 6 heteroatoms. The number of hydrogen-bond acceptors (Lipinski definition) is 5. The molecular formula is C21H21N3O3. The van der Waals surface area contributed by atoms with Gasteiger partial charge in [0.25, 0.3) is 5.91 Å². The first-order valence-electron chi connectivity index (χ1n) is 9.46. The van der Waals surface area contributed by atoms with Crippen LogP contribution in [-0.2, 0) is 6.42 Å². The quantitative estimate of drug-likeness (QED) is 0.771. The molecule has 2 fully saturated rings. The lowest BCUT2D eigenvalue weighted by Crippen LogP contribution is -2.29. The molecule has 2 atom stereocenters. The van der Waals surface area contributed by atoms with Gasteiger partial charge in [-0.05, 0) is 31.4 Å². The fourth-order valence-corrected chi connectivity index (χ4v) is 3.83. The molecule has 1 saturated heterocycles. The summed E-state index contributed by atoms with van der Waals surface area (Å²) in [6.45, 7) is 0.810. The van der Waals surface area contributed by atoms with Crippen LogP contribution in [0.4, 0.5) is 0 Å². The van der Waals surface area contributed by atoms with E-state index in [4.69, 9.17) is 4.52 Å². The first-order valence-corrected chi connectivity index (χ1v) is 9.46. The predicted octanol–water partition coefficient (Wildman–Crippen LogP) is 2.78. The van der Waals surface area contributed by atoms with Crippen molar-refractivity contribution in [2.24, 2.45) is 5.92 Å². The largest absolute Gasteiger partial charge is 0.391 e. The standard InChI is InChI=1S/C21H21N3O3/c25-19-12-24(21(26)20-10-18(23-27-20)14-5-6-14)11-15(19)9-16-8-7-13-3-1-2-4-17(13)22-16/h1-4,7-8,10,14-15,19,25H,5-6,9,11-12H2/t15-,19-/m1/s1. The highest BCUT2D eigenvalue weighted by Gasteiger charge is 2.36. The number of pyridine rings is 1. The maximum atomic E-state index is 12.7. The van der Waals surface area contributed by atoms with Crippen LogP contribution in [0, 0.1) is 5.92 Å². The van der Waals surface area contributed by atoms with E-state index in [1.54, 1.807) is 11.0 Å². The second-order valence-electron chi connectivity index (χ2n) is 7.63. The first-order chi connectivity index (χ1) is 13.2. The Labute approximate surface area is 156 Å². The zero-order valence-corrected chi connectivity index (χ0v) is 14.9. The molecular weight excluding hydrogens is 342 g/mol. The fraction of sp³-hybridized carbons (Fsp3) is 0.381. The van der Waals surface area contributed by atoms with Gasteiger partial charge in [0.1, 0.15) is 0 Å². The number of carbonyl (C=O) groups is 1. The molecule has 1 amide bonds. The molecule has 138 valence electrons. The Hall–Kier alpha value is -2.73. The van der Waals surface area contributed by atoms with E-state index in [-0.39, 0.29) is 17.6 Å². The Balaban J connectivity index is 1.28. The number of β-amino-alcohol motifs (C(OH)–C–C–N with tert-alkyl or cyclic N) is 1. The molecule has 5 rings (SSSR count). The van der Waals surface area contributed by atoms with Crippen LogP contribution >= 0.6 is 0 Å². The summed E-state index contributed by atoms with van der Waals surface area (Å²) < 4.78 is 5.24. The second-order valence-corrected chi connectivity index (χ2v) is 7.63. The van der Waals surface area contributed by atoms with Gasteiger partial charge in [-0.25, -0.2) is 0 Å². The highest BCUT2D eigenvalue weighted by molar-refractivity contribution is 5.91. The minimum absolute atomic E-state index is 0.0339. The molecule has 1 saturated carbocycles. The van der Waals surface area contributed by atoms with E-state index in [2.05, 4.69) is 16.2 Å². The summed E-state index contributed by atoms with van der Waals surface area (Å²) in [6, 6.07) is 13.8. The predicted molar refractivity (Wildman–Crippen MR) is 99.3 cm³/mol. The van der Waals surface area contributed by atoms with Crippen LogP contribution in [0.25, 0.3) is 10.9 Å². The highest BCUT2D eigenvalue weighted by Crippen LogP contribution is 2.39. The van der Waals surface area contributed by atoms with Crippen LogP contribution in [0.15, 0.2) is 47.0 Å². The molecule has 2 aliphatic rings. The molecule has 0 radical (unpaired) electrons. The Morgan fingerprint density at radius 3 is 2.89 bits per heavy atom. The molecule has 0 bridgehead atoms. The average molecular weight is 363 g/mol. The second kappa shape index (κ2) is 6.46. The van der Waals surface area contributed by atoms with Gasteiger partial charge in [-0.15, -0.1) is 0 Å². The summed E-state index contributed by atoms with van der Waals surface area (Å²) in [5.74, 6) is 0.496. The summed E-state index contributed by atoms with van der Waals surface area (Å²) in [4.78, 5) is 19.0. The lowest BCUT2D eigenvalue weighted by atomic mass is 9.99. The van der Waals surface area contributed by atoms with Crippen LogP contribution in [0.1, 0.15) is 40.7 Å². The van der Waals surface area contributed by atoms with E-state index >= 15 is 0 Å². The molecule has 1 N–H and O–H groups in total. The van der Waals surface area contributed by atoms with E-state index in [9.17, 15) is 9.90 Å². The number of hydrogen-bond donors (Lipinski definition) is 1. The summed E-state index contributed by atoms with van der Waals surface area (Å²) >= 11 is 0. The number of likely N-dealkylation sites (tertiary alicyclic amines) is 1. The van der Waals surface area contributed by atoms with Gasteiger partial charge in [-0.1, -0.05) is 29.4 Å². The molecule has 1 aliphatic heterocycles. The lowest BCUT2D eigenvalue weighted by molar-refractivity contribution is 0.0724. The summed E-state index contributed by atoms with van der Waals surface area (Å²) in [6.07, 6.45) is 2.31. The number of aliphatic hydroxyl groups excluding tert-OH is 1. The third-order valence-corrected chi connectivity index (χ3v) is 5.56. The van der Waals surface area contributed by atoms with E-state index in [1.807, 2.05) is 30.3 Å². The highest BCUT2D eigenvalue weighted by atomic mass is 16.5. The zero-order chi connectivity index (χ0) is 18.4. The van der Waals surface area contributed by atoms with Crippen molar-refractivity contribution in [3.05, 3.63) is 59.6 Å². The number of amides is 1. The van der Waals surface area contributed by atoms with Gasteiger partial charge in [0, 0.05) is 42.1 Å². The smallest absolute Gasteiger partial charge is 0.292 e. The fourth-order valence-electron chi connectivity index (χ4n) is 3.83. The third kappa shape index (κ3) is 3.21. The average Bonchev–Trinajstić information content (AvgIpc) is 3.31. The van der Waals surface area contributed by atoms with E-state index in [0.717, 1.165) is 35.1 Å². The topological polar surface area (TPSA) is 79.5 Å². The van der Waals surface area contributed by atoms with Gasteiger partial charge in [-0.2, -0.15) is 0 Å². The Morgan fingerprint density at radius 1 is 1.19 bits per heavy atom. The maximum Gasteiger partial charge on any atom is 0.292 e. The molecule has 3 heterocycles. The molecule has 0 spiro atoms. The maximum absolute atomic E-state index is 12.7. The van der Waals surface area contributed by atoms with Crippen molar-refractivity contribution < 1.29 is 14.4 Å². The van der Waals surface area contributed by atoms with Crippen molar-refractivity contribution in [2.75, 3.05) is 13.1 Å². The van der Waals surface area contributed by atoms with Crippen LogP contribution in [0.5, 0.6) is 0 Å². The van der Waals surface area contributed by atoms with Crippen LogP contribution in [-0.4, -0.2) is 45.2 Å². The lowest BCUT2D eigenvalue weighted by Gasteiger charge is -2.14. The molecule has 1 aromatic carbocycles. The van der Waals surface area contributed by atoms with Crippen molar-refractivity contribution in [3.63, 3.8) is 0 Å². The minimum atomic E-state index is -0.562. The normalized spacial score (nSPS) is 22.5. The first kappa shape index (κ1) is 16.4. The number of para-hydroxylation sites is 1. The van der Waals surface area contributed by atoms with Crippen LogP contribution in [0.2, 0.25) is 0 Å². The van der Waals surface area contributed by atoms with Crippen molar-refractivity contribution in [3.8, 4) is 0 Å². The van der Waals surface area contributed by atoms with Gasteiger partial charge in [0.2, 0.25) is 5.76 Å². The Morgan fingerprint density at radius 2 is 2.04 bits per heavy atom. The van der Waals surface area contributed by atoms with Gasteiger partial charge < -0.3 is 14.5 Å². The van der Waals surface area contributed by atoms with Crippen LogP contribution < -0.4 is 0 Å². The van der Waals surface area contributed by atoms with Crippen molar-refractivity contribution in [2.45, 2.75) is 31.3 Å². The molecule has 2 aromatic heterocycles. The monoisotopic (exact) mass is 363 g/mol. The van der Waals surface area contributed by atoms with Gasteiger partial charge >= 0.3 is 0 Å². The number of rotatable bonds is 4. The van der Waals surface area contributed by atoms with Gasteiger partial charge in [0.15, 0.2) is 0 Å². The number of nitrogens with zero attached hydrogens (tertiary/aromatic N) is 3. The van der Waals surface area contributed by atoms with Crippen molar-refractivity contribution in [1.29, 1.82) is 0 Å². The molecule has 27 heavy (non-hydrogen) atoms. The van der Waals surface area contributed by atoms with E-state index < -0.39 is 6.10 Å². The SMILES string of the molecule is O=C(c1cc(C2CC2)no1)N1C[C@@H](Cc2ccc3ccccc3n2)[C@H](O)C1. The summed E-state index contributed by atoms with van der Waals surface area (Å²) in [5, 5.41) is 15.6. The van der Waals surface area contributed by atoms with Gasteiger partial charge in [-0.3, -0.25) is 9.78 Å². The third-order valence-electron chi connectivity index (χ3n) is 5.56. The van der Waals surface area contributed by atoms with Crippen molar-refractivity contribution >= 4 is 16.8 Å². The molecule has 6 nitrogen and oxygen atoms in total. The number of aromatic nitrogens is 2.